The number of carbonyl (C=O) groups excluding carboxylic acids is 1. The maximum atomic E-state index is 12.9. The fourth-order valence-electron chi connectivity index (χ4n) is 4.39. The molecule has 144 valence electrons. The lowest BCUT2D eigenvalue weighted by atomic mass is 9.85. The molecule has 6 heteroatoms. The topological polar surface area (TPSA) is 71.2 Å². The molecule has 6 nitrogen and oxygen atoms in total. The summed E-state index contributed by atoms with van der Waals surface area (Å²) in [7, 11) is 0. The number of aliphatic hydroxyl groups excluding tert-OH is 1. The second-order valence-electron chi connectivity index (χ2n) is 7.99. The quantitative estimate of drug-likeness (QED) is 0.901. The van der Waals surface area contributed by atoms with Crippen LogP contribution < -0.4 is 0 Å². The molecule has 1 aliphatic heterocycles. The number of amides is 1. The van der Waals surface area contributed by atoms with Crippen LogP contribution in [0.5, 0.6) is 0 Å². The SMILES string of the molecule is O=C(C1CCC(O)CC1)N1CCCC(Cn2cc(-c3ccccc3)nn2)C1. The van der Waals surface area contributed by atoms with Crippen molar-refractivity contribution in [2.24, 2.45) is 11.8 Å². The summed E-state index contributed by atoms with van der Waals surface area (Å²) in [6.45, 7) is 2.46. The summed E-state index contributed by atoms with van der Waals surface area (Å²) in [5, 5.41) is 18.3. The molecule has 1 saturated carbocycles. The first kappa shape index (κ1) is 18.2. The zero-order valence-corrected chi connectivity index (χ0v) is 15.7. The molecule has 4 rings (SSSR count). The molecule has 0 bridgehead atoms. The highest BCUT2D eigenvalue weighted by molar-refractivity contribution is 5.79. The monoisotopic (exact) mass is 368 g/mol. The zero-order valence-electron chi connectivity index (χ0n) is 15.7. The van der Waals surface area contributed by atoms with Crippen LogP contribution >= 0.6 is 0 Å². The summed E-state index contributed by atoms with van der Waals surface area (Å²) in [5.41, 5.74) is 1.96. The number of nitrogens with zero attached hydrogens (tertiary/aromatic N) is 4. The zero-order chi connectivity index (χ0) is 18.6. The van der Waals surface area contributed by atoms with Crippen molar-refractivity contribution < 1.29 is 9.90 Å². The number of hydrogen-bond acceptors (Lipinski definition) is 4. The van der Waals surface area contributed by atoms with Gasteiger partial charge in [-0.05, 0) is 44.4 Å². The standard InChI is InChI=1S/C21H28N4O2/c26-19-10-8-18(9-11-19)21(27)24-12-4-5-16(13-24)14-25-15-20(22-23-25)17-6-2-1-3-7-17/h1-3,6-7,15-16,18-19,26H,4-5,8-14H2. The van der Waals surface area contributed by atoms with Gasteiger partial charge >= 0.3 is 0 Å². The number of likely N-dealkylation sites (tertiary alicyclic amines) is 1. The Morgan fingerprint density at radius 1 is 1.11 bits per heavy atom. The molecule has 1 amide bonds. The van der Waals surface area contributed by atoms with Crippen LogP contribution in [0.2, 0.25) is 0 Å². The van der Waals surface area contributed by atoms with Crippen LogP contribution in [-0.2, 0) is 11.3 Å². The van der Waals surface area contributed by atoms with Crippen LogP contribution in [-0.4, -0.2) is 50.1 Å². The highest BCUT2D eigenvalue weighted by atomic mass is 16.3. The Balaban J connectivity index is 1.35. The maximum absolute atomic E-state index is 12.9. The predicted molar refractivity (Wildman–Crippen MR) is 103 cm³/mol. The fourth-order valence-corrected chi connectivity index (χ4v) is 4.39. The first-order valence-corrected chi connectivity index (χ1v) is 10.1. The van der Waals surface area contributed by atoms with Gasteiger partial charge in [0.05, 0.1) is 12.3 Å². The van der Waals surface area contributed by atoms with Gasteiger partial charge in [-0.3, -0.25) is 9.48 Å². The third-order valence-electron chi connectivity index (χ3n) is 5.93. The largest absolute Gasteiger partial charge is 0.393 e. The van der Waals surface area contributed by atoms with Crippen molar-refractivity contribution in [3.63, 3.8) is 0 Å². The van der Waals surface area contributed by atoms with Crippen LogP contribution in [0, 0.1) is 11.8 Å². The minimum atomic E-state index is -0.214. The molecule has 1 N–H and O–H groups in total. The average Bonchev–Trinajstić information content (AvgIpc) is 3.17. The minimum Gasteiger partial charge on any atom is -0.393 e. The van der Waals surface area contributed by atoms with E-state index in [1.165, 1.54) is 0 Å². The number of aliphatic hydroxyl groups is 1. The molecule has 0 radical (unpaired) electrons. The maximum Gasteiger partial charge on any atom is 0.225 e. The Bertz CT molecular complexity index is 753. The van der Waals surface area contributed by atoms with E-state index in [1.807, 2.05) is 46.1 Å². The molecule has 1 atom stereocenters. The van der Waals surface area contributed by atoms with Gasteiger partial charge in [0.1, 0.15) is 5.69 Å². The molecule has 2 heterocycles. The van der Waals surface area contributed by atoms with E-state index in [0.717, 1.165) is 69.4 Å². The highest BCUT2D eigenvalue weighted by Crippen LogP contribution is 2.28. The average molecular weight is 368 g/mol. The molecule has 1 saturated heterocycles. The summed E-state index contributed by atoms with van der Waals surface area (Å²) < 4.78 is 1.91. The number of benzene rings is 1. The van der Waals surface area contributed by atoms with Crippen LogP contribution in [0.15, 0.2) is 36.5 Å². The number of carbonyl (C=O) groups is 1. The van der Waals surface area contributed by atoms with E-state index in [2.05, 4.69) is 10.3 Å². The predicted octanol–water partition coefficient (Wildman–Crippen LogP) is 2.73. The van der Waals surface area contributed by atoms with Gasteiger partial charge in [-0.15, -0.1) is 5.10 Å². The lowest BCUT2D eigenvalue weighted by Crippen LogP contribution is -2.44. The number of aromatic nitrogens is 3. The first-order valence-electron chi connectivity index (χ1n) is 10.1. The van der Waals surface area contributed by atoms with E-state index in [9.17, 15) is 9.90 Å². The van der Waals surface area contributed by atoms with Gasteiger partial charge in [-0.1, -0.05) is 35.5 Å². The van der Waals surface area contributed by atoms with E-state index < -0.39 is 0 Å². The second-order valence-corrected chi connectivity index (χ2v) is 7.99. The van der Waals surface area contributed by atoms with E-state index in [1.54, 1.807) is 0 Å². The van der Waals surface area contributed by atoms with Crippen molar-refractivity contribution in [1.29, 1.82) is 0 Å². The van der Waals surface area contributed by atoms with Gasteiger partial charge in [-0.2, -0.15) is 0 Å². The minimum absolute atomic E-state index is 0.100. The van der Waals surface area contributed by atoms with Gasteiger partial charge in [-0.25, -0.2) is 0 Å². The van der Waals surface area contributed by atoms with Crippen molar-refractivity contribution in [2.75, 3.05) is 13.1 Å². The van der Waals surface area contributed by atoms with Gasteiger partial charge in [0.15, 0.2) is 0 Å². The van der Waals surface area contributed by atoms with Gasteiger partial charge in [0.25, 0.3) is 0 Å². The molecule has 1 aromatic heterocycles. The molecule has 0 spiro atoms. The van der Waals surface area contributed by atoms with Crippen molar-refractivity contribution in [3.8, 4) is 11.3 Å². The summed E-state index contributed by atoms with van der Waals surface area (Å²) in [6, 6.07) is 10.1. The summed E-state index contributed by atoms with van der Waals surface area (Å²) in [5.74, 6) is 0.806. The molecule has 2 fully saturated rings. The third kappa shape index (κ3) is 4.38. The van der Waals surface area contributed by atoms with Gasteiger partial charge in [0, 0.05) is 31.1 Å². The van der Waals surface area contributed by atoms with Crippen LogP contribution in [0.3, 0.4) is 0 Å². The lowest BCUT2D eigenvalue weighted by Gasteiger charge is -2.36. The van der Waals surface area contributed by atoms with Crippen molar-refractivity contribution >= 4 is 5.91 Å². The third-order valence-corrected chi connectivity index (χ3v) is 5.93. The van der Waals surface area contributed by atoms with E-state index in [-0.39, 0.29) is 17.9 Å². The van der Waals surface area contributed by atoms with E-state index >= 15 is 0 Å². The van der Waals surface area contributed by atoms with Gasteiger partial charge < -0.3 is 10.0 Å². The Hall–Kier alpha value is -2.21. The Labute approximate surface area is 160 Å². The smallest absolute Gasteiger partial charge is 0.225 e. The molecule has 1 aromatic carbocycles. The molecular formula is C21H28N4O2. The van der Waals surface area contributed by atoms with Crippen molar-refractivity contribution in [2.45, 2.75) is 51.2 Å². The van der Waals surface area contributed by atoms with E-state index in [0.29, 0.717) is 5.92 Å². The molecule has 27 heavy (non-hydrogen) atoms. The number of hydrogen-bond donors (Lipinski definition) is 1. The van der Waals surface area contributed by atoms with Crippen LogP contribution in [0.4, 0.5) is 0 Å². The Morgan fingerprint density at radius 2 is 1.89 bits per heavy atom. The Morgan fingerprint density at radius 3 is 2.67 bits per heavy atom. The summed E-state index contributed by atoms with van der Waals surface area (Å²) >= 11 is 0. The van der Waals surface area contributed by atoms with Crippen LogP contribution in [0.1, 0.15) is 38.5 Å². The molecule has 1 aliphatic carbocycles. The highest BCUT2D eigenvalue weighted by Gasteiger charge is 2.31. The molecular weight excluding hydrogens is 340 g/mol. The number of rotatable bonds is 4. The van der Waals surface area contributed by atoms with Crippen LogP contribution in [0.25, 0.3) is 11.3 Å². The van der Waals surface area contributed by atoms with E-state index in [4.69, 9.17) is 0 Å². The molecule has 1 unspecified atom stereocenters. The lowest BCUT2D eigenvalue weighted by molar-refractivity contribution is -0.139. The fraction of sp³-hybridized carbons (Fsp3) is 0.571. The van der Waals surface area contributed by atoms with Crippen molar-refractivity contribution in [1.82, 2.24) is 19.9 Å². The Kier molecular flexibility index (Phi) is 5.53. The second kappa shape index (κ2) is 8.21. The summed E-state index contributed by atoms with van der Waals surface area (Å²) in [6.07, 6.45) is 7.12. The molecule has 2 aromatic rings. The first-order chi connectivity index (χ1) is 13.2. The van der Waals surface area contributed by atoms with Crippen molar-refractivity contribution in [3.05, 3.63) is 36.5 Å². The van der Waals surface area contributed by atoms with Gasteiger partial charge in [0.2, 0.25) is 5.91 Å². The normalized spacial score (nSPS) is 26.1. The summed E-state index contributed by atoms with van der Waals surface area (Å²) in [4.78, 5) is 14.9. The number of piperidine rings is 1. The molecule has 2 aliphatic rings.